The van der Waals surface area contributed by atoms with Gasteiger partial charge in [0.1, 0.15) is 15.7 Å². The van der Waals surface area contributed by atoms with Gasteiger partial charge < -0.3 is 9.47 Å². The molecule has 0 aliphatic carbocycles. The highest BCUT2D eigenvalue weighted by Crippen LogP contribution is 2.28. The van der Waals surface area contributed by atoms with Gasteiger partial charge in [-0.05, 0) is 6.07 Å². The van der Waals surface area contributed by atoms with Crippen LogP contribution in [0.25, 0.3) is 11.3 Å². The van der Waals surface area contributed by atoms with Gasteiger partial charge in [0, 0.05) is 23.2 Å². The van der Waals surface area contributed by atoms with Crippen LogP contribution in [0.15, 0.2) is 30.7 Å². The van der Waals surface area contributed by atoms with Crippen molar-refractivity contribution in [3.05, 3.63) is 36.4 Å². The van der Waals surface area contributed by atoms with Crippen LogP contribution in [0.5, 0.6) is 5.88 Å². The van der Waals surface area contributed by atoms with Gasteiger partial charge in [-0.25, -0.2) is 14.8 Å². The lowest BCUT2D eigenvalue weighted by Crippen LogP contribution is -2.51. The predicted octanol–water partition coefficient (Wildman–Crippen LogP) is -0.726. The molecule has 108 valence electrons. The van der Waals surface area contributed by atoms with Gasteiger partial charge in [0.25, 0.3) is 0 Å². The average Bonchev–Trinajstić information content (AvgIpc) is 2.53. The number of hydrogen-bond donors (Lipinski definition) is 0. The number of methoxy groups -OCH3 is 1. The number of hydrogen-bond acceptors (Lipinski definition) is 6. The van der Waals surface area contributed by atoms with E-state index in [4.69, 9.17) is 44.0 Å². The van der Waals surface area contributed by atoms with Crippen LogP contribution >= 0.6 is 0 Å². The Morgan fingerprint density at radius 1 is 1.08 bits per heavy atom. The van der Waals surface area contributed by atoms with Crippen LogP contribution in [0.3, 0.4) is 0 Å². The molecule has 2 aromatic rings. The Bertz CT molecular complexity index is 734. The number of pyridine rings is 1. The number of ether oxygens (including phenoxy) is 2. The third-order valence-corrected chi connectivity index (χ3v) is 3.01. The molecular weight excluding hydrogens is 300 g/mol. The zero-order chi connectivity index (χ0) is 18.0. The minimum absolute atomic E-state index is 0.0477. The van der Waals surface area contributed by atoms with Gasteiger partial charge in [0.2, 0.25) is 5.88 Å². The predicted molar refractivity (Wildman–Crippen MR) is 91.4 cm³/mol. The fraction of sp³-hybridized carbons (Fsp3) is 0.231. The summed E-state index contributed by atoms with van der Waals surface area (Å²) in [7, 11) is 28.8. The van der Waals surface area contributed by atoms with Crippen molar-refractivity contribution in [1.29, 1.82) is 0 Å². The molecule has 11 heteroatoms. The second kappa shape index (κ2) is 6.75. The second-order valence-corrected chi connectivity index (χ2v) is 4.99. The first kappa shape index (κ1) is 18.2. The van der Waals surface area contributed by atoms with E-state index in [-0.39, 0.29) is 11.6 Å². The summed E-state index contributed by atoms with van der Waals surface area (Å²) in [6, 6.07) is 3.07. The molecule has 2 rings (SSSR count). The first-order valence-electron chi connectivity index (χ1n) is 6.64. The Hall–Kier alpha value is -2.18. The first-order chi connectivity index (χ1) is 11.1. The smallest absolute Gasteiger partial charge is 0.358 e. The number of carbonyl (C=O) groups is 1. The standard InChI is InChI=1S/C13H8B5N3O3/c1-23-11(22)9-6-19-5-8(21-9)7-2-3-10(20-4-7)24-13(17,18)12(14,15)16/h2-6H,1H3. The van der Waals surface area contributed by atoms with E-state index in [1.807, 2.05) is 0 Å². The van der Waals surface area contributed by atoms with E-state index in [1.165, 1.54) is 31.8 Å². The van der Waals surface area contributed by atoms with E-state index in [0.717, 1.165) is 0 Å². The molecule has 6 nitrogen and oxygen atoms in total. The lowest BCUT2D eigenvalue weighted by atomic mass is 9.28. The summed E-state index contributed by atoms with van der Waals surface area (Å²) in [5.41, 5.74) is 1.05. The fourth-order valence-electron chi connectivity index (χ4n) is 1.56. The van der Waals surface area contributed by atoms with Gasteiger partial charge in [-0.1, -0.05) is 0 Å². The molecule has 0 fully saturated rings. The van der Waals surface area contributed by atoms with Crippen molar-refractivity contribution in [3.8, 4) is 17.1 Å². The molecule has 0 aliphatic heterocycles. The normalized spacial score (nSPS) is 11.7. The van der Waals surface area contributed by atoms with Gasteiger partial charge in [-0.3, -0.25) is 4.98 Å². The summed E-state index contributed by atoms with van der Waals surface area (Å²) in [5, 5.41) is -4.01. The van der Waals surface area contributed by atoms with Crippen molar-refractivity contribution >= 4 is 45.2 Å². The van der Waals surface area contributed by atoms with Crippen molar-refractivity contribution in [2.45, 2.75) is 10.5 Å². The first-order valence-corrected chi connectivity index (χ1v) is 6.64. The maximum atomic E-state index is 11.5. The molecular formula is C13H8B5N3O3. The average molecular weight is 308 g/mol. The topological polar surface area (TPSA) is 74.2 Å². The number of nitrogens with zero attached hydrogens (tertiary/aromatic N) is 3. The summed E-state index contributed by atoms with van der Waals surface area (Å²) in [4.78, 5) is 23.6. The van der Waals surface area contributed by atoms with Gasteiger partial charge in [-0.2, -0.15) is 0 Å². The third kappa shape index (κ3) is 4.02. The Kier molecular flexibility index (Phi) is 5.11. The molecule has 0 aliphatic rings. The van der Waals surface area contributed by atoms with Crippen LogP contribution < -0.4 is 4.74 Å². The number of esters is 1. The zero-order valence-electron chi connectivity index (χ0n) is 12.8. The maximum Gasteiger partial charge on any atom is 0.358 e. The van der Waals surface area contributed by atoms with E-state index in [0.29, 0.717) is 11.3 Å². The number of rotatable bonds is 5. The van der Waals surface area contributed by atoms with Gasteiger partial charge in [-0.15, -0.1) is 5.11 Å². The maximum absolute atomic E-state index is 11.5. The summed E-state index contributed by atoms with van der Waals surface area (Å²) in [6.07, 6.45) is 4.17. The SMILES string of the molecule is [B]C([B])([B])C([B])([B])Oc1ccc(-c2cncc(C(=O)OC)n2)cn1. The highest BCUT2D eigenvalue weighted by molar-refractivity contribution is 6.66. The summed E-state index contributed by atoms with van der Waals surface area (Å²) >= 11 is 0. The monoisotopic (exact) mass is 309 g/mol. The Balaban J connectivity index is 2.23. The molecule has 2 heterocycles. The van der Waals surface area contributed by atoms with E-state index < -0.39 is 16.5 Å². The minimum Gasteiger partial charge on any atom is -0.493 e. The van der Waals surface area contributed by atoms with E-state index in [1.54, 1.807) is 6.07 Å². The van der Waals surface area contributed by atoms with Gasteiger partial charge >= 0.3 is 5.97 Å². The molecule has 2 aromatic heterocycles. The highest BCUT2D eigenvalue weighted by atomic mass is 16.5. The van der Waals surface area contributed by atoms with Crippen molar-refractivity contribution < 1.29 is 14.3 Å². The third-order valence-electron chi connectivity index (χ3n) is 3.01. The lowest BCUT2D eigenvalue weighted by Gasteiger charge is -2.41. The molecule has 0 atom stereocenters. The molecule has 0 spiro atoms. The molecule has 0 unspecified atom stereocenters. The molecule has 0 saturated heterocycles. The molecule has 10 radical (unpaired) electrons. The largest absolute Gasteiger partial charge is 0.493 e. The number of carbonyl (C=O) groups excluding carboxylic acids is 1. The molecule has 0 amide bonds. The Morgan fingerprint density at radius 2 is 1.79 bits per heavy atom. The highest BCUT2D eigenvalue weighted by Gasteiger charge is 2.32. The van der Waals surface area contributed by atoms with Gasteiger partial charge in [0.05, 0.1) is 48.7 Å². The second-order valence-electron chi connectivity index (χ2n) is 4.99. The molecule has 0 aromatic carbocycles. The van der Waals surface area contributed by atoms with Crippen LogP contribution in [-0.4, -0.2) is 72.7 Å². The van der Waals surface area contributed by atoms with Crippen LogP contribution in [-0.2, 0) is 4.74 Å². The van der Waals surface area contributed by atoms with Crippen LogP contribution in [0.1, 0.15) is 10.5 Å². The lowest BCUT2D eigenvalue weighted by molar-refractivity contribution is 0.0593. The summed E-state index contributed by atoms with van der Waals surface area (Å²) in [6.45, 7) is 0. The van der Waals surface area contributed by atoms with Crippen LogP contribution in [0.2, 0.25) is 5.11 Å². The number of aromatic nitrogens is 3. The van der Waals surface area contributed by atoms with Crippen molar-refractivity contribution in [3.63, 3.8) is 0 Å². The molecule has 24 heavy (non-hydrogen) atoms. The zero-order valence-corrected chi connectivity index (χ0v) is 12.8. The molecule has 0 bridgehead atoms. The van der Waals surface area contributed by atoms with Crippen LogP contribution in [0, 0.1) is 0 Å². The summed E-state index contributed by atoms with van der Waals surface area (Å²) in [5.74, 6) is -0.551. The van der Waals surface area contributed by atoms with E-state index in [9.17, 15) is 4.79 Å². The minimum atomic E-state index is -2.04. The van der Waals surface area contributed by atoms with E-state index in [2.05, 4.69) is 19.7 Å². The fourth-order valence-corrected chi connectivity index (χ4v) is 1.56. The van der Waals surface area contributed by atoms with Gasteiger partial charge in [0.15, 0.2) is 5.69 Å². The van der Waals surface area contributed by atoms with Crippen molar-refractivity contribution in [1.82, 2.24) is 15.0 Å². The van der Waals surface area contributed by atoms with E-state index >= 15 is 0 Å². The summed E-state index contributed by atoms with van der Waals surface area (Å²) < 4.78 is 9.79. The Labute approximate surface area is 146 Å². The molecule has 0 saturated carbocycles. The van der Waals surface area contributed by atoms with Crippen LogP contribution in [0.4, 0.5) is 0 Å². The Morgan fingerprint density at radius 3 is 2.33 bits per heavy atom. The quantitative estimate of drug-likeness (QED) is 0.536. The van der Waals surface area contributed by atoms with Crippen molar-refractivity contribution in [2.75, 3.05) is 7.11 Å². The van der Waals surface area contributed by atoms with Crippen molar-refractivity contribution in [2.24, 2.45) is 0 Å². The molecule has 0 N–H and O–H groups in total.